The summed E-state index contributed by atoms with van der Waals surface area (Å²) in [6.07, 6.45) is -5.81. The molecule has 4 aromatic heterocycles. The Morgan fingerprint density at radius 2 is 0.950 bits per heavy atom. The second-order valence-electron chi connectivity index (χ2n) is 6.08. The fourth-order valence-electron chi connectivity index (χ4n) is 2.22. The van der Waals surface area contributed by atoms with Crippen LogP contribution in [0.5, 0.6) is 0 Å². The van der Waals surface area contributed by atoms with Gasteiger partial charge in [0, 0.05) is 12.4 Å². The first-order chi connectivity index (χ1) is 18.6. The van der Waals surface area contributed by atoms with Crippen molar-refractivity contribution >= 4 is 120 Å². The summed E-state index contributed by atoms with van der Waals surface area (Å²) in [7, 11) is 29.8. The molecule has 0 amide bonds. The van der Waals surface area contributed by atoms with Gasteiger partial charge in [-0.3, -0.25) is 20.2 Å². The Hall–Kier alpha value is 2.69. The normalized spacial score (nSPS) is 11.4. The van der Waals surface area contributed by atoms with E-state index in [1.807, 2.05) is 10.2 Å². The summed E-state index contributed by atoms with van der Waals surface area (Å²) in [4.78, 5) is 7.79. The fourth-order valence-corrected chi connectivity index (χ4v) is 2.22. The molecule has 0 fully saturated rings. The minimum absolute atomic E-state index is 0.183. The summed E-state index contributed by atoms with van der Waals surface area (Å²) in [5, 5.41) is 10.9. The number of rotatable bonds is 2. The molecule has 40 heavy (non-hydrogen) atoms. The molecule has 0 unspecified atom stereocenters. The third-order valence-corrected chi connectivity index (χ3v) is 3.62. The van der Waals surface area contributed by atoms with Crippen molar-refractivity contribution in [3.63, 3.8) is 0 Å². The van der Waals surface area contributed by atoms with Crippen LogP contribution in [0.15, 0.2) is 60.9 Å². The molecular weight excluding hydrogens is 1100 g/mol. The molecule has 0 spiro atoms. The molecule has 22 heteroatoms. The SMILES string of the molecule is FC(F)(F)c1cc(-c2ccccn2)n[nH]1.FC(F)(F)c1cc(-c2ccccn2)n[nH]1.[Cl][Pt]([Cl])([Cl])[Cl].[Cl][Pt][Cl].[K][K]. The summed E-state index contributed by atoms with van der Waals surface area (Å²) >= 11 is -1.03. The summed E-state index contributed by atoms with van der Waals surface area (Å²) in [6.45, 7) is 0. The monoisotopic (exact) mass is 1100 g/mol. The van der Waals surface area contributed by atoms with Crippen LogP contribution >= 0.6 is 56.5 Å². The molecule has 4 rings (SSSR count). The number of hydrogen-bond donors (Lipinski definition) is 2. The third kappa shape index (κ3) is 19.9. The number of hydrogen-bond acceptors (Lipinski definition) is 4. The molecule has 2 N–H and O–H groups in total. The third-order valence-electron chi connectivity index (χ3n) is 3.62. The molecule has 0 bridgehead atoms. The first-order valence-electron chi connectivity index (χ1n) is 9.94. The van der Waals surface area contributed by atoms with Gasteiger partial charge in [0.1, 0.15) is 22.8 Å². The zero-order valence-electron chi connectivity index (χ0n) is 19.7. The van der Waals surface area contributed by atoms with Crippen LogP contribution in [0.4, 0.5) is 26.3 Å². The van der Waals surface area contributed by atoms with Gasteiger partial charge in [0.05, 0.1) is 11.4 Å². The molecule has 0 aliphatic carbocycles. The Morgan fingerprint density at radius 1 is 0.650 bits per heavy atom. The van der Waals surface area contributed by atoms with E-state index in [2.05, 4.69) is 20.2 Å². The van der Waals surface area contributed by atoms with Gasteiger partial charge in [-0.15, -0.1) is 0 Å². The van der Waals surface area contributed by atoms with Crippen LogP contribution in [0.1, 0.15) is 11.4 Å². The van der Waals surface area contributed by atoms with E-state index in [9.17, 15) is 26.3 Å². The van der Waals surface area contributed by atoms with Gasteiger partial charge >= 0.3 is 160 Å². The van der Waals surface area contributed by atoms with Gasteiger partial charge in [-0.2, -0.15) is 36.5 Å². The number of halogens is 12. The van der Waals surface area contributed by atoms with E-state index in [1.54, 1.807) is 36.4 Å². The van der Waals surface area contributed by atoms with Crippen molar-refractivity contribution in [2.24, 2.45) is 0 Å². The molecular formula is C18H12Cl6F6K2N6Pt2. The second kappa shape index (κ2) is 22.3. The zero-order valence-corrected chi connectivity index (χ0v) is 35.1. The van der Waals surface area contributed by atoms with Crippen LogP contribution in [0, 0.1) is 0 Å². The molecule has 0 aliphatic heterocycles. The fraction of sp³-hybridized carbons (Fsp3) is 0.111. The van der Waals surface area contributed by atoms with Gasteiger partial charge in [0.15, 0.2) is 0 Å². The van der Waals surface area contributed by atoms with Crippen molar-refractivity contribution in [3.8, 4) is 22.8 Å². The van der Waals surface area contributed by atoms with E-state index in [-0.39, 0.29) is 11.4 Å². The van der Waals surface area contributed by atoms with E-state index in [0.29, 0.717) is 11.4 Å². The van der Waals surface area contributed by atoms with Crippen LogP contribution in [0.3, 0.4) is 0 Å². The number of aromatic amines is 2. The Balaban J connectivity index is 0.000000575. The molecule has 0 aliphatic rings. The quantitative estimate of drug-likeness (QED) is 0.156. The van der Waals surface area contributed by atoms with Gasteiger partial charge in [0.2, 0.25) is 0 Å². The first kappa shape index (κ1) is 42.7. The van der Waals surface area contributed by atoms with Crippen molar-refractivity contribution in [1.82, 2.24) is 30.4 Å². The Kier molecular flexibility index (Phi) is 23.8. The number of nitrogens with one attached hydrogen (secondary N) is 2. The van der Waals surface area contributed by atoms with Crippen molar-refractivity contribution in [3.05, 3.63) is 72.3 Å². The molecule has 220 valence electrons. The summed E-state index contributed by atoms with van der Waals surface area (Å²) < 4.78 is 73.4. The van der Waals surface area contributed by atoms with Crippen molar-refractivity contribution in [2.45, 2.75) is 12.4 Å². The van der Waals surface area contributed by atoms with Crippen LogP contribution in [-0.4, -0.2) is 93.5 Å². The predicted molar refractivity (Wildman–Crippen MR) is 140 cm³/mol. The molecule has 0 radical (unpaired) electrons. The Bertz CT molecular complexity index is 1120. The second-order valence-corrected chi connectivity index (χ2v) is 29.1. The topological polar surface area (TPSA) is 83.1 Å². The minimum atomic E-state index is -4.40. The van der Waals surface area contributed by atoms with E-state index in [4.69, 9.17) is 56.5 Å². The molecule has 0 saturated heterocycles. The maximum atomic E-state index is 12.2. The molecule has 4 aromatic rings. The summed E-state index contributed by atoms with van der Waals surface area (Å²) in [5.41, 5.74) is -0.564. The summed E-state index contributed by atoms with van der Waals surface area (Å²) in [5.74, 6) is 0. The standard InChI is InChI=1S/2C9H6F3N3.6ClH.2K.2Pt/c2*10-9(11,12)8-5-7(14-15-8)6-3-1-2-4-13-6;;;;;;;;;;/h2*1-5H,(H,14,15);6*1H;;;;/q;;;;;;;;;;+2;+4/p-6. The van der Waals surface area contributed by atoms with E-state index in [0.717, 1.165) is 12.1 Å². The average molecular weight is 1110 g/mol. The van der Waals surface area contributed by atoms with Crippen molar-refractivity contribution in [1.29, 1.82) is 0 Å². The first-order valence-corrected chi connectivity index (χ1v) is 42.8. The summed E-state index contributed by atoms with van der Waals surface area (Å²) in [6, 6.07) is 11.8. The van der Waals surface area contributed by atoms with E-state index >= 15 is 0 Å². The van der Waals surface area contributed by atoms with Gasteiger partial charge in [0.25, 0.3) is 0 Å². The predicted octanol–water partition coefficient (Wildman–Crippen LogP) is 8.35. The number of H-pyrrole nitrogens is 2. The Labute approximate surface area is 305 Å². The van der Waals surface area contributed by atoms with Gasteiger partial charge < -0.3 is 0 Å². The maximum absolute atomic E-state index is 12.2. The van der Waals surface area contributed by atoms with E-state index in [1.165, 1.54) is 75.5 Å². The number of alkyl halides is 6. The Morgan fingerprint density at radius 3 is 1.15 bits per heavy atom. The average Bonchev–Trinajstić information content (AvgIpc) is 3.57. The molecule has 4 heterocycles. The van der Waals surface area contributed by atoms with Gasteiger partial charge in [-0.05, 0) is 36.4 Å². The van der Waals surface area contributed by atoms with Gasteiger partial charge in [-0.1, -0.05) is 12.1 Å². The molecule has 6 nitrogen and oxygen atoms in total. The number of pyridine rings is 2. The van der Waals surface area contributed by atoms with Crippen LogP contribution in [-0.2, 0) is 40.7 Å². The van der Waals surface area contributed by atoms with E-state index < -0.39 is 52.1 Å². The number of aromatic nitrogens is 6. The van der Waals surface area contributed by atoms with Gasteiger partial charge in [-0.25, -0.2) is 0 Å². The van der Waals surface area contributed by atoms with Crippen LogP contribution < -0.4 is 0 Å². The van der Waals surface area contributed by atoms with Crippen molar-refractivity contribution in [2.75, 3.05) is 0 Å². The van der Waals surface area contributed by atoms with Crippen LogP contribution in [0.2, 0.25) is 0 Å². The molecule has 0 aromatic carbocycles. The molecule has 0 atom stereocenters. The zero-order chi connectivity index (χ0) is 31.0. The number of nitrogens with zero attached hydrogens (tertiary/aromatic N) is 4. The van der Waals surface area contributed by atoms with Crippen molar-refractivity contribution < 1.29 is 54.7 Å². The molecule has 0 saturated carbocycles. The van der Waals surface area contributed by atoms with Crippen LogP contribution in [0.25, 0.3) is 22.8 Å².